The number of nitrogens with one attached hydrogen (secondary N) is 4. The molecule has 0 fully saturated rings. The number of methoxy groups -OCH3 is 1. The molecule has 0 unspecified atom stereocenters. The molecule has 7 rings (SSSR count). The number of nitrogens with zero attached hydrogens (tertiary/aromatic N) is 6. The number of azo groups is 1. The van der Waals surface area contributed by atoms with Crippen molar-refractivity contribution in [3.05, 3.63) is 94.9 Å². The van der Waals surface area contributed by atoms with Gasteiger partial charge in [-0.15, -0.1) is 10.2 Å². The summed E-state index contributed by atoms with van der Waals surface area (Å²) < 4.78 is 149. The first-order chi connectivity index (χ1) is 32.3. The van der Waals surface area contributed by atoms with Crippen LogP contribution in [0.15, 0.2) is 114 Å². The van der Waals surface area contributed by atoms with E-state index in [1.807, 2.05) is 5.43 Å². The van der Waals surface area contributed by atoms with E-state index in [-0.39, 0.29) is 205 Å². The molecule has 0 saturated heterocycles. The molecule has 36 heteroatoms. The minimum Gasteiger partial charge on any atom is -0.871 e. The number of aromatic nitrogens is 3. The Morgan fingerprint density at radius 1 is 0.676 bits per heavy atom. The minimum absolute atomic E-state index is 0. The van der Waals surface area contributed by atoms with Gasteiger partial charge in [0.25, 0.3) is 0 Å². The largest absolute Gasteiger partial charge is 2.00 e. The van der Waals surface area contributed by atoms with Crippen LogP contribution in [0.2, 0.25) is 0 Å². The van der Waals surface area contributed by atoms with E-state index in [1.165, 1.54) is 49.6 Å². The number of carbonyl (C=O) groups is 1. The molecule has 1 aromatic heterocycles. The van der Waals surface area contributed by atoms with E-state index >= 15 is 0 Å². The number of ether oxygens (including phenoxy) is 1. The number of anilines is 6. The Kier molecular flexibility index (Phi) is 24.3. The average molecular weight is 1180 g/mol. The molecule has 1 heterocycles. The Bertz CT molecular complexity index is 3710. The zero-order valence-corrected chi connectivity index (χ0v) is 50.8. The standard InChI is InChI=1S/C38H32N10O17S4.Cu.4Na/c1-65-22-4-8-26(29(16-22)67(56,57)58)45-47-32-30(68(59,60)61)14-18-12-20(2-6-24(18)34(32)51)40-37-42-36(39-10-11-49)43-38(44-37)41-21-3-7-25-19(13-21)15-31(69(62,63)64)33(35(25)52)48-46-27-17-23(66(53,54)55)5-9-28(27)50;;;;;/h2-9,12-17,46,49-51H,10-11H2,1H3,(H,53,54,55)(H,56,57,58)(H,59,60,61)(H,62,63,64)(H3,39,40,41,42,43,44);;;;;/q;+2;4*+1/p-6/b47-45?,48-33-;;;;;. The van der Waals surface area contributed by atoms with Crippen molar-refractivity contribution in [2.75, 3.05) is 41.6 Å². The van der Waals surface area contributed by atoms with Crippen LogP contribution in [0.1, 0.15) is 15.9 Å². The van der Waals surface area contributed by atoms with Gasteiger partial charge in [0.15, 0.2) is 0 Å². The zero-order valence-electron chi connectivity index (χ0n) is 38.6. The van der Waals surface area contributed by atoms with Gasteiger partial charge in [0.1, 0.15) is 57.6 Å². The Morgan fingerprint density at radius 2 is 1.28 bits per heavy atom. The maximum atomic E-state index is 13.6. The Morgan fingerprint density at radius 3 is 1.86 bits per heavy atom. The molecule has 0 bridgehead atoms. The first kappa shape index (κ1) is 66.9. The van der Waals surface area contributed by atoms with Crippen molar-refractivity contribution in [1.82, 2.24) is 15.0 Å². The number of aliphatic hydroxyl groups excluding tert-OH is 1. The van der Waals surface area contributed by atoms with Crippen molar-refractivity contribution in [2.45, 2.75) is 14.7 Å². The number of fused-ring (bicyclic) bond motifs is 2. The summed E-state index contributed by atoms with van der Waals surface area (Å²) in [6.45, 7) is -0.450. The second kappa shape index (κ2) is 26.9. The van der Waals surface area contributed by atoms with Gasteiger partial charge >= 0.3 is 135 Å². The molecule has 1 aliphatic rings. The molecule has 369 valence electrons. The smallest absolute Gasteiger partial charge is 0.871 e. The van der Waals surface area contributed by atoms with Crippen molar-refractivity contribution in [3.8, 4) is 17.2 Å². The van der Waals surface area contributed by atoms with Gasteiger partial charge in [-0.2, -0.15) is 20.1 Å². The normalized spacial score (nSPS) is 12.9. The Labute approximate surface area is 519 Å². The van der Waals surface area contributed by atoms with Crippen molar-refractivity contribution in [3.63, 3.8) is 0 Å². The number of Topliss-reactive ketones (excluding diaryl/α,β-unsaturated/α-hetero) is 1. The average Bonchev–Trinajstić information content (AvgIpc) is 3.26. The minimum atomic E-state index is -5.47. The third-order valence-corrected chi connectivity index (χ3v) is 12.8. The molecule has 27 nitrogen and oxygen atoms in total. The first-order valence-electron chi connectivity index (χ1n) is 18.8. The molecule has 5 N–H and O–H groups in total. The number of ketones is 1. The van der Waals surface area contributed by atoms with E-state index in [9.17, 15) is 72.0 Å². The van der Waals surface area contributed by atoms with E-state index in [4.69, 9.17) is 4.74 Å². The fraction of sp³-hybridized carbons (Fsp3) is 0.0789. The Balaban J connectivity index is 0.00000375. The summed E-state index contributed by atoms with van der Waals surface area (Å²) in [6, 6.07) is 13.4. The van der Waals surface area contributed by atoms with Gasteiger partial charge in [0, 0.05) is 29.2 Å². The van der Waals surface area contributed by atoms with Crippen LogP contribution in [-0.4, -0.2) is 104 Å². The molecule has 0 spiro atoms. The van der Waals surface area contributed by atoms with Crippen molar-refractivity contribution in [1.29, 1.82) is 0 Å². The first-order valence-corrected chi connectivity index (χ1v) is 24.4. The molecule has 1 aliphatic carbocycles. The van der Waals surface area contributed by atoms with Crippen LogP contribution in [0.25, 0.3) is 16.8 Å². The fourth-order valence-electron chi connectivity index (χ4n) is 6.28. The number of rotatable bonds is 16. The van der Waals surface area contributed by atoms with Crippen LogP contribution >= 0.6 is 0 Å². The number of hydrazone groups is 1. The molecule has 0 amide bonds. The fourth-order valence-corrected chi connectivity index (χ4v) is 8.69. The van der Waals surface area contributed by atoms with E-state index in [1.54, 1.807) is 0 Å². The van der Waals surface area contributed by atoms with Gasteiger partial charge in [-0.1, -0.05) is 23.6 Å². The molecule has 1 radical (unpaired) electrons. The van der Waals surface area contributed by atoms with Crippen LogP contribution < -0.4 is 155 Å². The van der Waals surface area contributed by atoms with Gasteiger partial charge < -0.3 is 54.2 Å². The van der Waals surface area contributed by atoms with Crippen LogP contribution in [0.5, 0.6) is 17.2 Å². The van der Waals surface area contributed by atoms with E-state index in [0.29, 0.717) is 12.1 Å². The van der Waals surface area contributed by atoms with Gasteiger partial charge in [0.2, 0.25) is 23.6 Å². The Hall–Kier alpha value is -3.23. The summed E-state index contributed by atoms with van der Waals surface area (Å²) in [7, 11) is -20.0. The van der Waals surface area contributed by atoms with Crippen molar-refractivity contribution >= 4 is 115 Å². The molecule has 0 atom stereocenters. The van der Waals surface area contributed by atoms with E-state index in [0.717, 1.165) is 30.3 Å². The number of hydrogen-bond donors (Lipinski definition) is 5. The third-order valence-electron chi connectivity index (χ3n) is 9.37. The quantitative estimate of drug-likeness (QED) is 0.0260. The predicted molar refractivity (Wildman–Crippen MR) is 232 cm³/mol. The van der Waals surface area contributed by atoms with E-state index in [2.05, 4.69) is 46.2 Å². The summed E-state index contributed by atoms with van der Waals surface area (Å²) in [5, 5.41) is 54.1. The molecule has 0 saturated carbocycles. The molecular formula is C38H26CuN10Na4O17S4. The summed E-state index contributed by atoms with van der Waals surface area (Å²) >= 11 is 0. The van der Waals surface area contributed by atoms with Crippen molar-refractivity contribution in [2.24, 2.45) is 15.3 Å². The second-order valence-corrected chi connectivity index (χ2v) is 19.3. The topological polar surface area (TPSA) is 445 Å². The molecule has 0 aliphatic heterocycles. The third kappa shape index (κ3) is 15.9. The number of hydrogen-bond acceptors (Lipinski definition) is 27. The van der Waals surface area contributed by atoms with E-state index < -0.39 is 100 Å². The number of carbonyl (C=O) groups excluding carboxylic acids is 1. The van der Waals surface area contributed by atoms with Crippen LogP contribution in [0, 0.1) is 0 Å². The number of benzene rings is 5. The monoisotopic (exact) mass is 1180 g/mol. The van der Waals surface area contributed by atoms with Crippen LogP contribution in [0.3, 0.4) is 0 Å². The zero-order chi connectivity index (χ0) is 50.2. The van der Waals surface area contributed by atoms with Crippen LogP contribution in [-0.2, 0) is 57.5 Å². The van der Waals surface area contributed by atoms with Crippen LogP contribution in [0.4, 0.5) is 46.3 Å². The SMILES string of the molecule is COc1ccc(N=Nc2c(S(=O)(=O)[O-])cc3cc(Nc4nc(NCCO)nc(Nc5ccc6c(c5)C=C(S(=O)(=O)[O-])/C(=N/Nc5cc(S(=O)(=O)[O-])ccc5[O-])C6=O)n4)ccc3c2[O-])c(S(=O)(=O)[O-])c1.[Cu+2].[Na+].[Na+].[Na+].[Na+]. The summed E-state index contributed by atoms with van der Waals surface area (Å²) in [6.07, 6.45) is 0.802. The van der Waals surface area contributed by atoms with Gasteiger partial charge in [-0.3, -0.25) is 10.2 Å². The van der Waals surface area contributed by atoms with Gasteiger partial charge in [-0.05, 0) is 89.1 Å². The summed E-state index contributed by atoms with van der Waals surface area (Å²) in [4.78, 5) is 22.2. The number of aliphatic hydroxyl groups is 1. The van der Waals surface area contributed by atoms with Gasteiger partial charge in [0.05, 0.1) is 39.0 Å². The maximum absolute atomic E-state index is 13.6. The summed E-state index contributed by atoms with van der Waals surface area (Å²) in [5.74, 6) is -3.82. The maximum Gasteiger partial charge on any atom is 2.00 e. The number of allylic oxidation sites excluding steroid dienone is 1. The second-order valence-electron chi connectivity index (χ2n) is 13.9. The molecule has 6 aromatic rings. The summed E-state index contributed by atoms with van der Waals surface area (Å²) in [5.41, 5.74) is -1.31. The molecule has 74 heavy (non-hydrogen) atoms. The van der Waals surface area contributed by atoms with Gasteiger partial charge in [-0.25, -0.2) is 33.7 Å². The predicted octanol–water partition coefficient (Wildman–Crippen LogP) is -10.2. The molecule has 5 aromatic carbocycles. The molecular weight excluding hydrogens is 1150 g/mol. The van der Waals surface area contributed by atoms with Crippen molar-refractivity contribution < 1.29 is 212 Å².